The lowest BCUT2D eigenvalue weighted by Gasteiger charge is -2.01. The van der Waals surface area contributed by atoms with Crippen LogP contribution in [0.3, 0.4) is 0 Å². The maximum Gasteiger partial charge on any atom is 0.161 e. The second-order valence-corrected chi connectivity index (χ2v) is 2.81. The number of nitrogens with zero attached hydrogens (tertiary/aromatic N) is 1. The highest BCUT2D eigenvalue weighted by Gasteiger charge is 2.10. The van der Waals surface area contributed by atoms with Crippen LogP contribution in [-0.2, 0) is 0 Å². The number of Topliss-reactive ketones (excluding diaryl/α,β-unsaturated/α-hetero) is 1. The van der Waals surface area contributed by atoms with Gasteiger partial charge in [0, 0.05) is 5.56 Å². The van der Waals surface area contributed by atoms with Crippen molar-refractivity contribution in [3.8, 4) is 6.07 Å². The molecule has 0 fully saturated rings. The molecule has 1 rings (SSSR count). The molecule has 0 N–H and O–H groups in total. The van der Waals surface area contributed by atoms with E-state index in [0.717, 1.165) is 6.07 Å². The Bertz CT molecular complexity index is 404. The fourth-order valence-corrected chi connectivity index (χ4v) is 1.07. The highest BCUT2D eigenvalue weighted by Crippen LogP contribution is 2.15. The molecule has 1 aromatic carbocycles. The van der Waals surface area contributed by atoms with Gasteiger partial charge in [-0.15, -0.1) is 0 Å². The summed E-state index contributed by atoms with van der Waals surface area (Å²) in [5, 5.41) is 8.61. The minimum absolute atomic E-state index is 0.0931. The van der Waals surface area contributed by atoms with Crippen molar-refractivity contribution in [1.82, 2.24) is 0 Å². The van der Waals surface area contributed by atoms with Gasteiger partial charge in [0.2, 0.25) is 0 Å². The standard InChI is InChI=1S/C10H8FNO/c1-6-3-9(7(2)13)8(5-12)4-10(6)11/h3-4H,1-2H3. The van der Waals surface area contributed by atoms with Crippen LogP contribution in [-0.4, -0.2) is 5.78 Å². The Hall–Kier alpha value is -1.69. The maximum absolute atomic E-state index is 12.9. The zero-order valence-corrected chi connectivity index (χ0v) is 7.39. The molecule has 66 valence electrons. The molecule has 0 aliphatic carbocycles. The Balaban J connectivity index is 3.44. The van der Waals surface area contributed by atoms with E-state index >= 15 is 0 Å². The number of rotatable bonds is 1. The number of benzene rings is 1. The Kier molecular flexibility index (Phi) is 2.43. The smallest absolute Gasteiger partial charge is 0.161 e. The zero-order chi connectivity index (χ0) is 10.0. The first-order valence-electron chi connectivity index (χ1n) is 3.77. The van der Waals surface area contributed by atoms with Crippen molar-refractivity contribution in [3.05, 3.63) is 34.6 Å². The van der Waals surface area contributed by atoms with Crippen LogP contribution >= 0.6 is 0 Å². The van der Waals surface area contributed by atoms with Gasteiger partial charge in [-0.1, -0.05) is 0 Å². The minimum atomic E-state index is -0.457. The van der Waals surface area contributed by atoms with Gasteiger partial charge in [-0.25, -0.2) is 4.39 Å². The molecule has 0 aliphatic rings. The lowest BCUT2D eigenvalue weighted by atomic mass is 10.0. The normalized spacial score (nSPS) is 9.38. The second-order valence-electron chi connectivity index (χ2n) is 2.81. The Morgan fingerprint density at radius 1 is 1.54 bits per heavy atom. The summed E-state index contributed by atoms with van der Waals surface area (Å²) in [5.74, 6) is -0.679. The summed E-state index contributed by atoms with van der Waals surface area (Å²) in [6.45, 7) is 2.91. The molecule has 0 radical (unpaired) electrons. The molecule has 0 amide bonds. The first-order valence-corrected chi connectivity index (χ1v) is 3.77. The molecule has 0 spiro atoms. The summed E-state index contributed by atoms with van der Waals surface area (Å²) in [4.78, 5) is 11.0. The fourth-order valence-electron chi connectivity index (χ4n) is 1.07. The first-order chi connectivity index (χ1) is 6.06. The van der Waals surface area contributed by atoms with E-state index in [1.54, 1.807) is 13.0 Å². The van der Waals surface area contributed by atoms with Crippen molar-refractivity contribution in [1.29, 1.82) is 5.26 Å². The summed E-state index contributed by atoms with van der Waals surface area (Å²) in [6.07, 6.45) is 0. The predicted octanol–water partition coefficient (Wildman–Crippen LogP) is 2.21. The molecule has 0 atom stereocenters. The lowest BCUT2D eigenvalue weighted by Crippen LogP contribution is -1.99. The number of carbonyl (C=O) groups excluding carboxylic acids is 1. The largest absolute Gasteiger partial charge is 0.294 e. The Morgan fingerprint density at radius 3 is 2.62 bits per heavy atom. The maximum atomic E-state index is 12.9. The minimum Gasteiger partial charge on any atom is -0.294 e. The molecule has 1 aromatic rings. The number of nitriles is 1. The summed E-state index contributed by atoms with van der Waals surface area (Å²) < 4.78 is 12.9. The molecular weight excluding hydrogens is 169 g/mol. The zero-order valence-electron chi connectivity index (χ0n) is 7.39. The summed E-state index contributed by atoms with van der Waals surface area (Å²) in [7, 11) is 0. The number of hydrogen-bond acceptors (Lipinski definition) is 2. The van der Waals surface area contributed by atoms with Crippen molar-refractivity contribution < 1.29 is 9.18 Å². The number of carbonyl (C=O) groups is 1. The number of hydrogen-bond donors (Lipinski definition) is 0. The fraction of sp³-hybridized carbons (Fsp3) is 0.200. The van der Waals surface area contributed by atoms with Crippen LogP contribution in [0.5, 0.6) is 0 Å². The van der Waals surface area contributed by atoms with E-state index in [1.807, 2.05) is 0 Å². The average Bonchev–Trinajstić information content (AvgIpc) is 2.08. The second kappa shape index (κ2) is 3.36. The molecule has 0 saturated heterocycles. The average molecular weight is 177 g/mol. The van der Waals surface area contributed by atoms with E-state index in [-0.39, 0.29) is 16.9 Å². The summed E-state index contributed by atoms with van der Waals surface area (Å²) >= 11 is 0. The van der Waals surface area contributed by atoms with Gasteiger partial charge >= 0.3 is 0 Å². The predicted molar refractivity (Wildman–Crippen MR) is 45.9 cm³/mol. The lowest BCUT2D eigenvalue weighted by molar-refractivity contribution is 0.101. The van der Waals surface area contributed by atoms with Gasteiger partial charge in [-0.2, -0.15) is 5.26 Å². The number of ketones is 1. The van der Waals surface area contributed by atoms with Crippen molar-refractivity contribution in [2.24, 2.45) is 0 Å². The van der Waals surface area contributed by atoms with Gasteiger partial charge in [0.25, 0.3) is 0 Å². The van der Waals surface area contributed by atoms with Crippen molar-refractivity contribution in [2.75, 3.05) is 0 Å². The molecule has 0 unspecified atom stereocenters. The van der Waals surface area contributed by atoms with Crippen LogP contribution in [0.1, 0.15) is 28.4 Å². The van der Waals surface area contributed by atoms with Gasteiger partial charge in [0.05, 0.1) is 11.6 Å². The van der Waals surface area contributed by atoms with E-state index in [1.165, 1.54) is 13.0 Å². The van der Waals surface area contributed by atoms with Gasteiger partial charge in [0.1, 0.15) is 5.82 Å². The van der Waals surface area contributed by atoms with Gasteiger partial charge in [-0.3, -0.25) is 4.79 Å². The van der Waals surface area contributed by atoms with E-state index in [9.17, 15) is 9.18 Å². The topological polar surface area (TPSA) is 40.9 Å². The Morgan fingerprint density at radius 2 is 2.15 bits per heavy atom. The molecule has 0 aromatic heterocycles. The molecule has 2 nitrogen and oxygen atoms in total. The molecule has 0 saturated carbocycles. The van der Waals surface area contributed by atoms with Gasteiger partial charge < -0.3 is 0 Å². The van der Waals surface area contributed by atoms with Crippen LogP contribution < -0.4 is 0 Å². The van der Waals surface area contributed by atoms with Crippen LogP contribution in [0.15, 0.2) is 12.1 Å². The van der Waals surface area contributed by atoms with E-state index < -0.39 is 5.82 Å². The van der Waals surface area contributed by atoms with E-state index in [4.69, 9.17) is 5.26 Å². The highest BCUT2D eigenvalue weighted by atomic mass is 19.1. The molecule has 0 bridgehead atoms. The molecular formula is C10H8FNO. The monoisotopic (exact) mass is 177 g/mol. The Labute approximate surface area is 75.6 Å². The van der Waals surface area contributed by atoms with Crippen LogP contribution in [0.2, 0.25) is 0 Å². The molecule has 13 heavy (non-hydrogen) atoms. The van der Waals surface area contributed by atoms with Gasteiger partial charge in [-0.05, 0) is 31.5 Å². The van der Waals surface area contributed by atoms with E-state index in [2.05, 4.69) is 0 Å². The third kappa shape index (κ3) is 1.73. The van der Waals surface area contributed by atoms with Crippen LogP contribution in [0.4, 0.5) is 4.39 Å². The van der Waals surface area contributed by atoms with Crippen molar-refractivity contribution >= 4 is 5.78 Å². The first kappa shape index (κ1) is 9.40. The van der Waals surface area contributed by atoms with Crippen molar-refractivity contribution in [3.63, 3.8) is 0 Å². The van der Waals surface area contributed by atoms with Gasteiger partial charge in [0.15, 0.2) is 5.78 Å². The van der Waals surface area contributed by atoms with E-state index in [0.29, 0.717) is 5.56 Å². The highest BCUT2D eigenvalue weighted by molar-refractivity contribution is 5.96. The molecule has 0 aliphatic heterocycles. The third-order valence-corrected chi connectivity index (χ3v) is 1.80. The van der Waals surface area contributed by atoms with Crippen LogP contribution in [0.25, 0.3) is 0 Å². The quantitative estimate of drug-likeness (QED) is 0.617. The third-order valence-electron chi connectivity index (χ3n) is 1.80. The molecule has 0 heterocycles. The number of aryl methyl sites for hydroxylation is 1. The molecule has 3 heteroatoms. The summed E-state index contributed by atoms with van der Waals surface area (Å²) in [6, 6.07) is 4.27. The summed E-state index contributed by atoms with van der Waals surface area (Å²) in [5.41, 5.74) is 0.751. The number of halogens is 1. The SMILES string of the molecule is CC(=O)c1cc(C)c(F)cc1C#N. The van der Waals surface area contributed by atoms with Crippen LogP contribution in [0, 0.1) is 24.1 Å². The van der Waals surface area contributed by atoms with Crippen molar-refractivity contribution in [2.45, 2.75) is 13.8 Å².